The molecule has 0 saturated carbocycles. The molecule has 1 rings (SSSR count). The zero-order chi connectivity index (χ0) is 10.9. The second-order valence-electron chi connectivity index (χ2n) is 3.74. The lowest BCUT2D eigenvalue weighted by atomic mass is 10.1. The molecule has 0 aromatic rings. The van der Waals surface area contributed by atoms with Crippen LogP contribution < -0.4 is 5.32 Å². The van der Waals surface area contributed by atoms with Gasteiger partial charge in [-0.15, -0.1) is 0 Å². The minimum Gasteiger partial charge on any atom is -0.392 e. The molecule has 3 atom stereocenters. The quantitative estimate of drug-likeness (QED) is 0.579. The van der Waals surface area contributed by atoms with Gasteiger partial charge in [-0.2, -0.15) is 0 Å². The highest BCUT2D eigenvalue weighted by molar-refractivity contribution is 6.05. The van der Waals surface area contributed by atoms with Crippen LogP contribution in [-0.4, -0.2) is 47.1 Å². The van der Waals surface area contributed by atoms with Gasteiger partial charge in [0.05, 0.1) is 18.6 Å². The summed E-state index contributed by atoms with van der Waals surface area (Å²) >= 11 is 0. The smallest absolute Gasteiger partial charge is 0.246 e. The highest BCUT2D eigenvalue weighted by Gasteiger charge is 2.36. The molecule has 0 spiro atoms. The van der Waals surface area contributed by atoms with E-state index >= 15 is 0 Å². The molecule has 3 unspecified atom stereocenters. The van der Waals surface area contributed by atoms with Gasteiger partial charge in [0.1, 0.15) is 0 Å². The van der Waals surface area contributed by atoms with Crippen molar-refractivity contribution >= 4 is 11.8 Å². The molecule has 1 fully saturated rings. The number of aliphatic hydroxyl groups excluding tert-OH is 1. The summed E-state index contributed by atoms with van der Waals surface area (Å²) in [4.78, 5) is 23.7. The number of imide groups is 1. The van der Waals surface area contributed by atoms with Gasteiger partial charge in [0.2, 0.25) is 11.8 Å². The summed E-state index contributed by atoms with van der Waals surface area (Å²) in [6.07, 6.45) is -0.351. The van der Waals surface area contributed by atoms with Crippen molar-refractivity contribution in [3.8, 4) is 0 Å². The van der Waals surface area contributed by atoms with Crippen LogP contribution in [0.25, 0.3) is 0 Å². The Hall–Kier alpha value is -0.940. The van der Waals surface area contributed by atoms with Gasteiger partial charge in [0.25, 0.3) is 0 Å². The van der Waals surface area contributed by atoms with Gasteiger partial charge in [-0.05, 0) is 13.8 Å². The zero-order valence-corrected chi connectivity index (χ0v) is 8.65. The minimum absolute atomic E-state index is 0.176. The lowest BCUT2D eigenvalue weighted by Gasteiger charge is -2.19. The Balaban J connectivity index is 2.55. The van der Waals surface area contributed by atoms with E-state index < -0.39 is 12.1 Å². The van der Waals surface area contributed by atoms with Crippen molar-refractivity contribution < 1.29 is 14.7 Å². The minimum atomic E-state index is -0.538. The van der Waals surface area contributed by atoms with E-state index in [4.69, 9.17) is 0 Å². The number of likely N-dealkylation sites (N-methyl/N-ethyl adjacent to an activating group) is 1. The van der Waals surface area contributed by atoms with Crippen molar-refractivity contribution in [2.24, 2.45) is 0 Å². The van der Waals surface area contributed by atoms with E-state index in [1.165, 1.54) is 7.05 Å². The molecule has 0 aliphatic carbocycles. The maximum Gasteiger partial charge on any atom is 0.246 e. The fourth-order valence-electron chi connectivity index (χ4n) is 1.34. The van der Waals surface area contributed by atoms with Gasteiger partial charge in [-0.25, -0.2) is 0 Å². The second-order valence-corrected chi connectivity index (χ2v) is 3.74. The van der Waals surface area contributed by atoms with E-state index in [0.717, 1.165) is 4.90 Å². The number of nitrogens with zero attached hydrogens (tertiary/aromatic N) is 1. The van der Waals surface area contributed by atoms with E-state index in [1.807, 2.05) is 0 Å². The van der Waals surface area contributed by atoms with E-state index in [2.05, 4.69) is 5.32 Å². The van der Waals surface area contributed by atoms with Gasteiger partial charge in [0.15, 0.2) is 0 Å². The fraction of sp³-hybridized carbons (Fsp3) is 0.778. The number of rotatable bonds is 3. The van der Waals surface area contributed by atoms with Crippen LogP contribution in [0.4, 0.5) is 0 Å². The molecule has 5 nitrogen and oxygen atoms in total. The van der Waals surface area contributed by atoms with Crippen LogP contribution in [0.5, 0.6) is 0 Å². The molecule has 80 valence electrons. The molecule has 0 aromatic carbocycles. The highest BCUT2D eigenvalue weighted by Crippen LogP contribution is 2.11. The third-order valence-corrected chi connectivity index (χ3v) is 2.57. The average molecular weight is 200 g/mol. The van der Waals surface area contributed by atoms with Crippen LogP contribution >= 0.6 is 0 Å². The van der Waals surface area contributed by atoms with Gasteiger partial charge < -0.3 is 10.4 Å². The maximum absolute atomic E-state index is 11.4. The molecule has 2 N–H and O–H groups in total. The highest BCUT2D eigenvalue weighted by atomic mass is 16.3. The summed E-state index contributed by atoms with van der Waals surface area (Å²) in [6, 6.07) is -0.666. The first-order valence-corrected chi connectivity index (χ1v) is 4.68. The van der Waals surface area contributed by atoms with Gasteiger partial charge >= 0.3 is 0 Å². The Morgan fingerprint density at radius 3 is 2.43 bits per heavy atom. The lowest BCUT2D eigenvalue weighted by molar-refractivity contribution is -0.137. The van der Waals surface area contributed by atoms with Crippen LogP contribution in [0.2, 0.25) is 0 Å². The number of carbonyl (C=O) groups excluding carboxylic acids is 2. The summed E-state index contributed by atoms with van der Waals surface area (Å²) in [6.45, 7) is 3.42. The molecule has 1 aliphatic heterocycles. The number of likely N-dealkylation sites (tertiary alicyclic amines) is 1. The molecule has 0 aromatic heterocycles. The van der Waals surface area contributed by atoms with Crippen LogP contribution in [0, 0.1) is 0 Å². The summed E-state index contributed by atoms with van der Waals surface area (Å²) < 4.78 is 0. The Labute approximate surface area is 83.1 Å². The molecular weight excluding hydrogens is 184 g/mol. The van der Waals surface area contributed by atoms with Crippen molar-refractivity contribution in [3.05, 3.63) is 0 Å². The van der Waals surface area contributed by atoms with Gasteiger partial charge in [-0.3, -0.25) is 14.5 Å². The Kier molecular flexibility index (Phi) is 3.23. The lowest BCUT2D eigenvalue weighted by Crippen LogP contribution is -2.46. The molecule has 0 radical (unpaired) electrons. The SMILES string of the molecule is CC(O)C(C)NC1CC(=O)N(C)C1=O. The first-order valence-electron chi connectivity index (χ1n) is 4.68. The predicted molar refractivity (Wildman–Crippen MR) is 50.5 cm³/mol. The fourth-order valence-corrected chi connectivity index (χ4v) is 1.34. The summed E-state index contributed by atoms with van der Waals surface area (Å²) in [5.74, 6) is -0.396. The number of carbonyl (C=O) groups is 2. The zero-order valence-electron chi connectivity index (χ0n) is 8.65. The van der Waals surface area contributed by atoms with Gasteiger partial charge in [0, 0.05) is 13.1 Å². The van der Waals surface area contributed by atoms with Crippen molar-refractivity contribution in [3.63, 3.8) is 0 Å². The third kappa shape index (κ3) is 2.10. The number of hydrogen-bond donors (Lipinski definition) is 2. The first kappa shape index (κ1) is 11.1. The molecule has 14 heavy (non-hydrogen) atoms. The molecular formula is C9H16N2O3. The number of nitrogens with one attached hydrogen (secondary N) is 1. The van der Waals surface area contributed by atoms with Gasteiger partial charge in [-0.1, -0.05) is 0 Å². The Morgan fingerprint density at radius 1 is 1.50 bits per heavy atom. The second kappa shape index (κ2) is 4.06. The van der Waals surface area contributed by atoms with E-state index in [0.29, 0.717) is 0 Å². The number of aliphatic hydroxyl groups is 1. The van der Waals surface area contributed by atoms with Crippen molar-refractivity contribution in [2.45, 2.75) is 38.5 Å². The average Bonchev–Trinajstić information content (AvgIpc) is 2.33. The predicted octanol–water partition coefficient (Wildman–Crippen LogP) is -0.897. The monoisotopic (exact) mass is 200 g/mol. The first-order chi connectivity index (χ1) is 6.43. The summed E-state index contributed by atoms with van der Waals surface area (Å²) in [5, 5.41) is 12.2. The van der Waals surface area contributed by atoms with Crippen LogP contribution in [-0.2, 0) is 9.59 Å². The topological polar surface area (TPSA) is 69.6 Å². The molecule has 1 saturated heterocycles. The molecule has 2 amide bonds. The van der Waals surface area contributed by atoms with Crippen LogP contribution in [0.1, 0.15) is 20.3 Å². The van der Waals surface area contributed by atoms with Crippen LogP contribution in [0.15, 0.2) is 0 Å². The molecule has 0 bridgehead atoms. The standard InChI is InChI=1S/C9H16N2O3/c1-5(6(2)12)10-7-4-8(13)11(3)9(7)14/h5-7,10,12H,4H2,1-3H3. The largest absolute Gasteiger partial charge is 0.392 e. The van der Waals surface area contributed by atoms with E-state index in [9.17, 15) is 14.7 Å². The molecule has 5 heteroatoms. The van der Waals surface area contributed by atoms with Crippen molar-refractivity contribution in [1.82, 2.24) is 10.2 Å². The third-order valence-electron chi connectivity index (χ3n) is 2.57. The molecule has 1 heterocycles. The maximum atomic E-state index is 11.4. The number of hydrogen-bond acceptors (Lipinski definition) is 4. The summed E-state index contributed by atoms with van der Waals surface area (Å²) in [5.41, 5.74) is 0. The van der Waals surface area contributed by atoms with Crippen molar-refractivity contribution in [1.29, 1.82) is 0 Å². The Bertz CT molecular complexity index is 252. The Morgan fingerprint density at radius 2 is 2.07 bits per heavy atom. The van der Waals surface area contributed by atoms with E-state index in [1.54, 1.807) is 13.8 Å². The van der Waals surface area contributed by atoms with Crippen molar-refractivity contribution in [2.75, 3.05) is 7.05 Å². The molecule has 1 aliphatic rings. The summed E-state index contributed by atoms with van der Waals surface area (Å²) in [7, 11) is 1.47. The van der Waals surface area contributed by atoms with Crippen LogP contribution in [0.3, 0.4) is 0 Å². The normalized spacial score (nSPS) is 26.9. The van der Waals surface area contributed by atoms with E-state index in [-0.39, 0.29) is 24.3 Å². The number of amides is 2.